The van der Waals surface area contributed by atoms with E-state index in [0.29, 0.717) is 12.5 Å². The van der Waals surface area contributed by atoms with Crippen LogP contribution >= 0.6 is 0 Å². The monoisotopic (exact) mass is 182 g/mol. The minimum Gasteiger partial charge on any atom is -0.391 e. The summed E-state index contributed by atoms with van der Waals surface area (Å²) in [5.41, 5.74) is 1.25. The van der Waals surface area contributed by atoms with Crippen molar-refractivity contribution in [3.05, 3.63) is 18.0 Å². The molecule has 0 spiro atoms. The molecule has 74 valence electrons. The van der Waals surface area contributed by atoms with Crippen molar-refractivity contribution < 1.29 is 5.11 Å². The van der Waals surface area contributed by atoms with E-state index in [0.717, 1.165) is 6.42 Å². The van der Waals surface area contributed by atoms with Crippen LogP contribution in [0.4, 0.5) is 0 Å². The summed E-state index contributed by atoms with van der Waals surface area (Å²) < 4.78 is 1.79. The molecule has 1 aromatic heterocycles. The molecule has 1 heterocycles. The van der Waals surface area contributed by atoms with Crippen LogP contribution in [0.5, 0.6) is 0 Å². The summed E-state index contributed by atoms with van der Waals surface area (Å²) in [6, 6.07) is 0. The Labute approximate surface area is 79.4 Å². The van der Waals surface area contributed by atoms with Crippen LogP contribution in [0.1, 0.15) is 26.3 Å². The van der Waals surface area contributed by atoms with Crippen molar-refractivity contribution in [3.63, 3.8) is 0 Å². The predicted octanol–water partition coefficient (Wildman–Crippen LogP) is 1.46. The zero-order valence-corrected chi connectivity index (χ0v) is 8.57. The van der Waals surface area contributed by atoms with Crippen LogP contribution in [0.15, 0.2) is 12.4 Å². The molecule has 1 unspecified atom stereocenters. The van der Waals surface area contributed by atoms with E-state index in [9.17, 15) is 0 Å². The molecule has 0 aromatic carbocycles. The molecule has 0 aliphatic rings. The van der Waals surface area contributed by atoms with E-state index in [1.165, 1.54) is 5.56 Å². The lowest BCUT2D eigenvalue weighted by atomic mass is 10.1. The van der Waals surface area contributed by atoms with Gasteiger partial charge in [-0.15, -0.1) is 0 Å². The number of hydrogen-bond acceptors (Lipinski definition) is 2. The first-order valence-electron chi connectivity index (χ1n) is 4.77. The van der Waals surface area contributed by atoms with E-state index < -0.39 is 0 Å². The molecule has 0 aliphatic heterocycles. The second kappa shape index (κ2) is 4.42. The number of aromatic nitrogens is 2. The van der Waals surface area contributed by atoms with Gasteiger partial charge in [0.05, 0.1) is 18.8 Å². The summed E-state index contributed by atoms with van der Waals surface area (Å²) >= 11 is 0. The highest BCUT2D eigenvalue weighted by molar-refractivity contribution is 5.04. The largest absolute Gasteiger partial charge is 0.391 e. The average molecular weight is 182 g/mol. The summed E-state index contributed by atoms with van der Waals surface area (Å²) in [4.78, 5) is 0. The topological polar surface area (TPSA) is 38.0 Å². The Morgan fingerprint density at radius 3 is 2.69 bits per heavy atom. The lowest BCUT2D eigenvalue weighted by Gasteiger charge is -2.03. The standard InChI is InChI=1S/C10H18N2O/c1-8(2)4-10-5-11-12(7-10)6-9(3)13/h5,7-9,13H,4,6H2,1-3H3. The summed E-state index contributed by atoms with van der Waals surface area (Å²) in [7, 11) is 0. The Morgan fingerprint density at radius 2 is 2.15 bits per heavy atom. The zero-order valence-electron chi connectivity index (χ0n) is 8.57. The summed E-state index contributed by atoms with van der Waals surface area (Å²) in [6.07, 6.45) is 4.61. The highest BCUT2D eigenvalue weighted by Crippen LogP contribution is 2.06. The third kappa shape index (κ3) is 3.59. The van der Waals surface area contributed by atoms with Crippen LogP contribution in [0, 0.1) is 5.92 Å². The van der Waals surface area contributed by atoms with Gasteiger partial charge < -0.3 is 5.11 Å². The van der Waals surface area contributed by atoms with Gasteiger partial charge in [0.15, 0.2) is 0 Å². The van der Waals surface area contributed by atoms with Gasteiger partial charge in [0.25, 0.3) is 0 Å². The normalized spacial score (nSPS) is 13.6. The second-order valence-electron chi connectivity index (χ2n) is 4.02. The van der Waals surface area contributed by atoms with Crippen LogP contribution in [-0.4, -0.2) is 21.0 Å². The first-order valence-corrected chi connectivity index (χ1v) is 4.77. The fourth-order valence-electron chi connectivity index (χ4n) is 1.35. The van der Waals surface area contributed by atoms with E-state index in [2.05, 4.69) is 18.9 Å². The van der Waals surface area contributed by atoms with Crippen molar-refractivity contribution in [2.24, 2.45) is 5.92 Å². The molecule has 1 aromatic rings. The van der Waals surface area contributed by atoms with Crippen LogP contribution in [-0.2, 0) is 13.0 Å². The van der Waals surface area contributed by atoms with Crippen molar-refractivity contribution in [1.29, 1.82) is 0 Å². The smallest absolute Gasteiger partial charge is 0.0708 e. The maximum Gasteiger partial charge on any atom is 0.0708 e. The minimum atomic E-state index is -0.327. The Bertz CT molecular complexity index is 229. The van der Waals surface area contributed by atoms with Gasteiger partial charge in [-0.25, -0.2) is 0 Å². The maximum absolute atomic E-state index is 9.14. The molecule has 1 N–H and O–H groups in total. The molecule has 0 fully saturated rings. The molecule has 3 heteroatoms. The SMILES string of the molecule is CC(C)Cc1cnn(CC(C)O)c1. The number of aliphatic hydroxyl groups is 1. The van der Waals surface area contributed by atoms with Gasteiger partial charge in [0.1, 0.15) is 0 Å². The zero-order chi connectivity index (χ0) is 9.84. The van der Waals surface area contributed by atoms with Crippen molar-refractivity contribution in [2.75, 3.05) is 0 Å². The lowest BCUT2D eigenvalue weighted by Crippen LogP contribution is -2.11. The molecular weight excluding hydrogens is 164 g/mol. The van der Waals surface area contributed by atoms with Gasteiger partial charge in [-0.05, 0) is 24.8 Å². The number of rotatable bonds is 4. The highest BCUT2D eigenvalue weighted by atomic mass is 16.3. The van der Waals surface area contributed by atoms with Crippen molar-refractivity contribution in [2.45, 2.75) is 39.8 Å². The Hall–Kier alpha value is -0.830. The van der Waals surface area contributed by atoms with Gasteiger partial charge in [0.2, 0.25) is 0 Å². The summed E-state index contributed by atoms with van der Waals surface area (Å²) in [6.45, 7) is 6.72. The average Bonchev–Trinajstić information content (AvgIpc) is 2.33. The maximum atomic E-state index is 9.14. The second-order valence-corrected chi connectivity index (χ2v) is 4.02. The van der Waals surface area contributed by atoms with Gasteiger partial charge in [-0.1, -0.05) is 13.8 Å². The molecule has 0 bridgehead atoms. The molecular formula is C10H18N2O. The van der Waals surface area contributed by atoms with Gasteiger partial charge in [-0.2, -0.15) is 5.10 Å². The van der Waals surface area contributed by atoms with Gasteiger partial charge in [-0.3, -0.25) is 4.68 Å². The van der Waals surface area contributed by atoms with Crippen molar-refractivity contribution in [1.82, 2.24) is 9.78 Å². The Kier molecular flexibility index (Phi) is 3.48. The van der Waals surface area contributed by atoms with Crippen LogP contribution < -0.4 is 0 Å². The van der Waals surface area contributed by atoms with E-state index in [4.69, 9.17) is 5.11 Å². The highest BCUT2D eigenvalue weighted by Gasteiger charge is 2.02. The summed E-state index contributed by atoms with van der Waals surface area (Å²) in [5, 5.41) is 13.3. The van der Waals surface area contributed by atoms with Crippen LogP contribution in [0.25, 0.3) is 0 Å². The summed E-state index contributed by atoms with van der Waals surface area (Å²) in [5.74, 6) is 0.657. The number of hydrogen-bond donors (Lipinski definition) is 1. The fourth-order valence-corrected chi connectivity index (χ4v) is 1.35. The van der Waals surface area contributed by atoms with Gasteiger partial charge in [0, 0.05) is 6.20 Å². The first kappa shape index (κ1) is 10.3. The van der Waals surface area contributed by atoms with E-state index in [1.807, 2.05) is 12.4 Å². The Morgan fingerprint density at radius 1 is 1.46 bits per heavy atom. The molecule has 3 nitrogen and oxygen atoms in total. The molecule has 1 rings (SSSR count). The van der Waals surface area contributed by atoms with Crippen molar-refractivity contribution in [3.8, 4) is 0 Å². The molecule has 0 radical (unpaired) electrons. The predicted molar refractivity (Wildman–Crippen MR) is 52.4 cm³/mol. The third-order valence-electron chi connectivity index (χ3n) is 1.78. The molecule has 0 saturated heterocycles. The van der Waals surface area contributed by atoms with E-state index >= 15 is 0 Å². The molecule has 1 atom stereocenters. The van der Waals surface area contributed by atoms with Crippen LogP contribution in [0.2, 0.25) is 0 Å². The fraction of sp³-hybridized carbons (Fsp3) is 0.700. The molecule has 0 saturated carbocycles. The van der Waals surface area contributed by atoms with Crippen LogP contribution in [0.3, 0.4) is 0 Å². The van der Waals surface area contributed by atoms with E-state index in [-0.39, 0.29) is 6.10 Å². The lowest BCUT2D eigenvalue weighted by molar-refractivity contribution is 0.168. The first-order chi connectivity index (χ1) is 6.08. The third-order valence-corrected chi connectivity index (χ3v) is 1.78. The molecule has 0 amide bonds. The number of nitrogens with zero attached hydrogens (tertiary/aromatic N) is 2. The molecule has 0 aliphatic carbocycles. The van der Waals surface area contributed by atoms with Crippen molar-refractivity contribution >= 4 is 0 Å². The molecule has 13 heavy (non-hydrogen) atoms. The minimum absolute atomic E-state index is 0.327. The quantitative estimate of drug-likeness (QED) is 0.765. The van der Waals surface area contributed by atoms with E-state index in [1.54, 1.807) is 11.6 Å². The Balaban J connectivity index is 2.53. The van der Waals surface area contributed by atoms with Gasteiger partial charge >= 0.3 is 0 Å². The number of aliphatic hydroxyl groups excluding tert-OH is 1.